The third kappa shape index (κ3) is 88.4. The maximum absolute atomic E-state index is 0. The van der Waals surface area contributed by atoms with Gasteiger partial charge < -0.3 is 0 Å². The Morgan fingerprint density at radius 1 is 0.667 bits per heavy atom. The molecule has 0 aliphatic rings. The molecule has 0 nitrogen and oxygen atoms in total. The van der Waals surface area contributed by atoms with Gasteiger partial charge in [0.1, 0.15) is 0 Å². The molecule has 0 rings (SSSR count). The Morgan fingerprint density at radius 3 is 0.667 bits per heavy atom. The number of rotatable bonds is 0. The van der Waals surface area contributed by atoms with Crippen molar-refractivity contribution in [3.8, 4) is 0 Å². The molecule has 0 amide bonds. The van der Waals surface area contributed by atoms with Crippen LogP contribution >= 0.6 is 0 Å². The van der Waals surface area contributed by atoms with Gasteiger partial charge in [0, 0.05) is 16.5 Å². The Balaban J connectivity index is 0. The quantitative estimate of drug-likeness (QED) is 0.420. The summed E-state index contributed by atoms with van der Waals surface area (Å²) in [6.45, 7) is 0. The molecule has 0 aliphatic heterocycles. The van der Waals surface area contributed by atoms with Crippen LogP contribution in [-0.4, -0.2) is 21.9 Å². The Bertz CT molecular complexity index is 8.75. The predicted octanol–water partition coefficient (Wildman–Crippen LogP) is -0.730. The van der Waals surface area contributed by atoms with Gasteiger partial charge in [0.05, 0.1) is 0 Å². The van der Waals surface area contributed by atoms with Crippen LogP contribution in [0.1, 0.15) is 22.3 Å². The molecule has 0 heterocycles. The van der Waals surface area contributed by atoms with E-state index in [0.717, 1.165) is 0 Å². The molecule has 0 saturated heterocycles. The molecule has 49 valence electrons. The van der Waals surface area contributed by atoms with Crippen molar-refractivity contribution in [2.45, 2.75) is 22.3 Å². The standard InChI is InChI=1S/3CH4.Ni.H4Si.H3Si/h3*1H4;;1H4;1H3. The van der Waals surface area contributed by atoms with Crippen LogP contribution in [-0.2, 0) is 16.5 Å². The zero-order chi connectivity index (χ0) is 0. The van der Waals surface area contributed by atoms with Crippen molar-refractivity contribution in [2.75, 3.05) is 0 Å². The zero-order valence-electron chi connectivity index (χ0n) is 1.32. The zero-order valence-corrected chi connectivity index (χ0v) is 4.30. The van der Waals surface area contributed by atoms with Gasteiger partial charge in [0.15, 0.2) is 0 Å². The molecule has 0 saturated carbocycles. The Labute approximate surface area is 61.1 Å². The van der Waals surface area contributed by atoms with Crippen molar-refractivity contribution in [3.05, 3.63) is 0 Å². The summed E-state index contributed by atoms with van der Waals surface area (Å²) in [7, 11) is 0. The van der Waals surface area contributed by atoms with Crippen molar-refractivity contribution in [1.29, 1.82) is 0 Å². The second-order valence-electron chi connectivity index (χ2n) is 0. The molecule has 0 aromatic heterocycles. The molecule has 0 aliphatic carbocycles. The van der Waals surface area contributed by atoms with Gasteiger partial charge in [-0.15, -0.1) is 0 Å². The Hall–Kier alpha value is 0.927. The molecule has 0 fully saturated rings. The van der Waals surface area contributed by atoms with Crippen molar-refractivity contribution in [2.24, 2.45) is 0 Å². The normalized spacial score (nSPS) is 0. The van der Waals surface area contributed by atoms with Crippen molar-refractivity contribution in [3.63, 3.8) is 0 Å². The van der Waals surface area contributed by atoms with Gasteiger partial charge in [-0.1, -0.05) is 22.3 Å². The third-order valence-electron chi connectivity index (χ3n) is 0. The molecular weight excluding hydrogens is 151 g/mol. The van der Waals surface area contributed by atoms with E-state index in [1.807, 2.05) is 0 Å². The van der Waals surface area contributed by atoms with Gasteiger partial charge in [-0.05, 0) is 21.9 Å². The van der Waals surface area contributed by atoms with Crippen molar-refractivity contribution < 1.29 is 16.5 Å². The minimum Gasteiger partial charge on any atom is -0.0776 e. The first-order valence-electron chi connectivity index (χ1n) is 0. The molecule has 0 bridgehead atoms. The molecule has 1 radical (unpaired) electrons. The van der Waals surface area contributed by atoms with E-state index in [9.17, 15) is 0 Å². The topological polar surface area (TPSA) is 0 Å². The van der Waals surface area contributed by atoms with Crippen LogP contribution in [0.4, 0.5) is 0 Å². The molecule has 0 spiro atoms. The molecule has 0 atom stereocenters. The van der Waals surface area contributed by atoms with Crippen molar-refractivity contribution >= 4 is 21.9 Å². The molecule has 0 aromatic carbocycles. The third-order valence-corrected chi connectivity index (χ3v) is 0. The van der Waals surface area contributed by atoms with E-state index < -0.39 is 0 Å². The maximum atomic E-state index is 0. The summed E-state index contributed by atoms with van der Waals surface area (Å²) in [5, 5.41) is 0. The fourth-order valence-corrected chi connectivity index (χ4v) is 0. The van der Waals surface area contributed by atoms with E-state index in [1.165, 1.54) is 0 Å². The first-order chi connectivity index (χ1) is 0. The summed E-state index contributed by atoms with van der Waals surface area (Å²) in [6.07, 6.45) is 0. The molecular formula is C3H19NiSi2. The first-order valence-corrected chi connectivity index (χ1v) is 0. The first kappa shape index (κ1) is 283. The molecule has 6 heavy (non-hydrogen) atoms. The Kier molecular flexibility index (Phi) is 7900. The van der Waals surface area contributed by atoms with Crippen LogP contribution in [0.3, 0.4) is 0 Å². The van der Waals surface area contributed by atoms with Crippen LogP contribution in [0.25, 0.3) is 0 Å². The average molecular weight is 170 g/mol. The van der Waals surface area contributed by atoms with E-state index >= 15 is 0 Å². The molecule has 3 heteroatoms. The van der Waals surface area contributed by atoms with Gasteiger partial charge in [0.2, 0.25) is 0 Å². The van der Waals surface area contributed by atoms with Crippen LogP contribution in [0.2, 0.25) is 0 Å². The number of hydrogen-bond donors (Lipinski definition) is 0. The van der Waals surface area contributed by atoms with Crippen LogP contribution in [0.5, 0.6) is 0 Å². The second kappa shape index (κ2) is 167. The largest absolute Gasteiger partial charge is 0.0776 e. The summed E-state index contributed by atoms with van der Waals surface area (Å²) in [5.74, 6) is 0. The predicted molar refractivity (Wildman–Crippen MR) is 41.5 cm³/mol. The van der Waals surface area contributed by atoms with Gasteiger partial charge in [0.25, 0.3) is 0 Å². The van der Waals surface area contributed by atoms with Gasteiger partial charge >= 0.3 is 0 Å². The van der Waals surface area contributed by atoms with Crippen LogP contribution in [0.15, 0.2) is 0 Å². The fourth-order valence-electron chi connectivity index (χ4n) is 0. The van der Waals surface area contributed by atoms with E-state index in [2.05, 4.69) is 0 Å². The fraction of sp³-hybridized carbons (Fsp3) is 1.00. The Morgan fingerprint density at radius 2 is 0.667 bits per heavy atom. The van der Waals surface area contributed by atoms with Crippen molar-refractivity contribution in [1.82, 2.24) is 0 Å². The average Bonchev–Trinajstić information content (AvgIpc) is 0. The smallest absolute Gasteiger partial charge is 0 e. The molecule has 0 N–H and O–H groups in total. The molecule has 0 unspecified atom stereocenters. The van der Waals surface area contributed by atoms with E-state index in [4.69, 9.17) is 0 Å². The minimum atomic E-state index is 0. The summed E-state index contributed by atoms with van der Waals surface area (Å²) >= 11 is 0. The SMILES string of the molecule is C.C.C.[Ni].[SiH3].[SiH4]. The second-order valence-corrected chi connectivity index (χ2v) is 0. The van der Waals surface area contributed by atoms with E-state index in [1.54, 1.807) is 0 Å². The van der Waals surface area contributed by atoms with E-state index in [0.29, 0.717) is 0 Å². The van der Waals surface area contributed by atoms with E-state index in [-0.39, 0.29) is 60.7 Å². The van der Waals surface area contributed by atoms with Gasteiger partial charge in [-0.25, -0.2) is 0 Å². The van der Waals surface area contributed by atoms with Crippen LogP contribution < -0.4 is 0 Å². The summed E-state index contributed by atoms with van der Waals surface area (Å²) in [4.78, 5) is 0. The van der Waals surface area contributed by atoms with Gasteiger partial charge in [-0.2, -0.15) is 0 Å². The van der Waals surface area contributed by atoms with Crippen LogP contribution in [0, 0.1) is 0 Å². The van der Waals surface area contributed by atoms with Gasteiger partial charge in [-0.3, -0.25) is 0 Å². The summed E-state index contributed by atoms with van der Waals surface area (Å²) < 4.78 is 0. The summed E-state index contributed by atoms with van der Waals surface area (Å²) in [6, 6.07) is 0. The molecule has 0 aromatic rings. The number of hydrogen-bond acceptors (Lipinski definition) is 0. The summed E-state index contributed by atoms with van der Waals surface area (Å²) in [5.41, 5.74) is 0. The minimum absolute atomic E-state index is 0. The maximum Gasteiger partial charge on any atom is 0 e. The monoisotopic (exact) mass is 169 g/mol.